The van der Waals surface area contributed by atoms with Crippen LogP contribution in [0.3, 0.4) is 0 Å². The molecule has 1 aromatic heterocycles. The van der Waals surface area contributed by atoms with E-state index in [1.165, 1.54) is 16.4 Å². The maximum Gasteiger partial charge on any atom is 0.417 e. The minimum absolute atomic E-state index is 0.0203. The number of para-hydroxylation sites is 1. The van der Waals surface area contributed by atoms with Gasteiger partial charge in [0.25, 0.3) is 0 Å². The van der Waals surface area contributed by atoms with Gasteiger partial charge >= 0.3 is 6.18 Å². The number of rotatable bonds is 12. The van der Waals surface area contributed by atoms with Gasteiger partial charge in [-0.2, -0.15) is 27.8 Å². The molecule has 49 heavy (non-hydrogen) atoms. The van der Waals surface area contributed by atoms with Crippen molar-refractivity contribution < 1.29 is 35.1 Å². The third kappa shape index (κ3) is 9.34. The second-order valence-corrected chi connectivity index (χ2v) is 17.0. The fourth-order valence-electron chi connectivity index (χ4n) is 6.11. The summed E-state index contributed by atoms with van der Waals surface area (Å²) < 4.78 is 94.9. The van der Waals surface area contributed by atoms with Gasteiger partial charge in [0.1, 0.15) is 6.07 Å². The fourth-order valence-corrected chi connectivity index (χ4v) is 8.48. The van der Waals surface area contributed by atoms with Crippen LogP contribution in [0.15, 0.2) is 47.4 Å². The fraction of sp³-hybridized carbons (Fsp3) is 0.484. The SMILES string of the molecule is CS(=O)(=O)NCCSc1cc(-c2nn(CC(O)CN3CCN(c4ccccc4C#N)CC3)c3c2CN(S(C)(=O)=O)CC3)ccc1C(F)(F)F. The van der Waals surface area contributed by atoms with E-state index in [-0.39, 0.29) is 36.8 Å². The topological polar surface area (TPSA) is 152 Å². The molecule has 0 spiro atoms. The van der Waals surface area contributed by atoms with Crippen LogP contribution in [0.2, 0.25) is 0 Å². The molecule has 3 aromatic rings. The van der Waals surface area contributed by atoms with Gasteiger partial charge in [-0.25, -0.2) is 21.6 Å². The largest absolute Gasteiger partial charge is 0.417 e. The highest BCUT2D eigenvalue weighted by atomic mass is 32.2. The number of aliphatic hydroxyl groups is 1. The molecule has 1 fully saturated rings. The number of hydrogen-bond donors (Lipinski definition) is 2. The summed E-state index contributed by atoms with van der Waals surface area (Å²) in [5.74, 6) is 0.0410. The van der Waals surface area contributed by atoms with Crippen molar-refractivity contribution in [2.45, 2.75) is 36.7 Å². The van der Waals surface area contributed by atoms with Crippen molar-refractivity contribution in [3.63, 3.8) is 0 Å². The first-order valence-corrected chi connectivity index (χ1v) is 20.2. The van der Waals surface area contributed by atoms with E-state index in [0.717, 1.165) is 36.0 Å². The number of piperazine rings is 1. The second-order valence-electron chi connectivity index (χ2n) is 12.1. The van der Waals surface area contributed by atoms with E-state index >= 15 is 0 Å². The van der Waals surface area contributed by atoms with Gasteiger partial charge in [-0.05, 0) is 24.3 Å². The Kier molecular flexibility index (Phi) is 11.3. The van der Waals surface area contributed by atoms with E-state index < -0.39 is 37.9 Å². The van der Waals surface area contributed by atoms with Crippen LogP contribution in [0.1, 0.15) is 22.4 Å². The number of hydrogen-bond acceptors (Lipinski definition) is 10. The summed E-state index contributed by atoms with van der Waals surface area (Å²) >= 11 is 0.851. The number of nitrogens with zero attached hydrogens (tertiary/aromatic N) is 6. The molecule has 0 saturated carbocycles. The molecule has 18 heteroatoms. The average Bonchev–Trinajstić information content (AvgIpc) is 3.39. The summed E-state index contributed by atoms with van der Waals surface area (Å²) in [4.78, 5) is 4.15. The van der Waals surface area contributed by atoms with Gasteiger partial charge in [-0.15, -0.1) is 11.8 Å². The Hall–Kier alpha value is -3.18. The molecule has 1 unspecified atom stereocenters. The Morgan fingerprint density at radius 2 is 1.76 bits per heavy atom. The first kappa shape index (κ1) is 37.1. The molecule has 2 aliphatic heterocycles. The molecule has 2 aromatic carbocycles. The summed E-state index contributed by atoms with van der Waals surface area (Å²) in [5, 5.41) is 25.4. The molecule has 1 saturated heterocycles. The third-order valence-electron chi connectivity index (χ3n) is 8.44. The highest BCUT2D eigenvalue weighted by Crippen LogP contribution is 2.40. The average molecular weight is 742 g/mol. The van der Waals surface area contributed by atoms with Crippen molar-refractivity contribution in [3.8, 4) is 17.3 Å². The van der Waals surface area contributed by atoms with Crippen molar-refractivity contribution in [3.05, 3.63) is 64.8 Å². The number of alkyl halides is 3. The van der Waals surface area contributed by atoms with Crippen molar-refractivity contribution in [2.75, 3.05) is 69.0 Å². The van der Waals surface area contributed by atoms with Crippen LogP contribution in [0, 0.1) is 11.3 Å². The van der Waals surface area contributed by atoms with Gasteiger partial charge in [0.2, 0.25) is 20.0 Å². The molecule has 0 aliphatic carbocycles. The minimum Gasteiger partial charge on any atom is -0.390 e. The number of aromatic nitrogens is 2. The van der Waals surface area contributed by atoms with Gasteiger partial charge in [0, 0.05) is 86.2 Å². The van der Waals surface area contributed by atoms with E-state index in [1.54, 1.807) is 10.7 Å². The van der Waals surface area contributed by atoms with Crippen LogP contribution in [-0.2, 0) is 45.7 Å². The maximum absolute atomic E-state index is 14.0. The monoisotopic (exact) mass is 741 g/mol. The summed E-state index contributed by atoms with van der Waals surface area (Å²) in [6.07, 6.45) is -3.14. The van der Waals surface area contributed by atoms with Crippen molar-refractivity contribution in [1.29, 1.82) is 5.26 Å². The number of sulfonamides is 2. The lowest BCUT2D eigenvalue weighted by atomic mass is 10.0. The summed E-state index contributed by atoms with van der Waals surface area (Å²) in [7, 11) is -7.10. The lowest BCUT2D eigenvalue weighted by Crippen LogP contribution is -2.49. The first-order chi connectivity index (χ1) is 23.0. The van der Waals surface area contributed by atoms with Crippen LogP contribution >= 0.6 is 11.8 Å². The zero-order chi connectivity index (χ0) is 35.6. The summed E-state index contributed by atoms with van der Waals surface area (Å²) in [6, 6.07) is 13.2. The van der Waals surface area contributed by atoms with Crippen LogP contribution in [-0.4, -0.2) is 111 Å². The van der Waals surface area contributed by atoms with E-state index in [1.807, 2.05) is 18.2 Å². The molecular weight excluding hydrogens is 704 g/mol. The van der Waals surface area contributed by atoms with Gasteiger partial charge in [-0.3, -0.25) is 9.58 Å². The number of fused-ring (bicyclic) bond motifs is 1. The Morgan fingerprint density at radius 1 is 1.04 bits per heavy atom. The van der Waals surface area contributed by atoms with Crippen LogP contribution < -0.4 is 9.62 Å². The maximum atomic E-state index is 14.0. The van der Waals surface area contributed by atoms with Crippen LogP contribution in [0.4, 0.5) is 18.9 Å². The first-order valence-electron chi connectivity index (χ1n) is 15.5. The number of benzene rings is 2. The molecule has 2 aliphatic rings. The zero-order valence-electron chi connectivity index (χ0n) is 27.0. The highest BCUT2D eigenvalue weighted by Gasteiger charge is 2.35. The Bertz CT molecular complexity index is 1920. The minimum atomic E-state index is -4.66. The van der Waals surface area contributed by atoms with Crippen LogP contribution in [0.5, 0.6) is 0 Å². The molecule has 266 valence electrons. The van der Waals surface area contributed by atoms with E-state index in [4.69, 9.17) is 5.10 Å². The van der Waals surface area contributed by atoms with Gasteiger partial charge < -0.3 is 10.0 Å². The molecule has 12 nitrogen and oxygen atoms in total. The predicted molar refractivity (Wildman–Crippen MR) is 181 cm³/mol. The Balaban J connectivity index is 1.37. The van der Waals surface area contributed by atoms with Gasteiger partial charge in [-0.1, -0.05) is 18.2 Å². The highest BCUT2D eigenvalue weighted by molar-refractivity contribution is 7.99. The molecule has 0 radical (unpaired) electrons. The standard InChI is InChI=1S/C31H38F3N7O5S3/c1-48(43,44)36-10-16-47-29-17-22(7-8-26(29)31(32,33)34)30-25-21-40(49(2,45)46)11-9-28(25)41(37-30)20-24(42)19-38-12-14-39(15-13-38)27-6-4-3-5-23(27)18-35/h3-8,17,24,36,42H,9-16,19-21H2,1-2H3. The molecular formula is C31H38F3N7O5S3. The number of thioether (sulfide) groups is 1. The quantitative estimate of drug-likeness (QED) is 0.210. The third-order valence-corrected chi connectivity index (χ3v) is 11.5. The Morgan fingerprint density at radius 3 is 2.41 bits per heavy atom. The summed E-state index contributed by atoms with van der Waals surface area (Å²) in [6.45, 7) is 3.21. The molecule has 2 N–H and O–H groups in total. The summed E-state index contributed by atoms with van der Waals surface area (Å²) in [5.41, 5.74) is 2.54. The molecule has 3 heterocycles. The van der Waals surface area contributed by atoms with Crippen LogP contribution in [0.25, 0.3) is 11.3 Å². The molecule has 0 bridgehead atoms. The molecule has 5 rings (SSSR count). The number of nitriles is 1. The lowest BCUT2D eigenvalue weighted by molar-refractivity contribution is -0.139. The predicted octanol–water partition coefficient (Wildman–Crippen LogP) is 2.58. The second kappa shape index (κ2) is 15.0. The van der Waals surface area contributed by atoms with E-state index in [0.29, 0.717) is 67.2 Å². The van der Waals surface area contributed by atoms with Crippen molar-refractivity contribution >= 4 is 37.5 Å². The normalized spacial score (nSPS) is 17.1. The molecule has 0 amide bonds. The smallest absolute Gasteiger partial charge is 0.390 e. The van der Waals surface area contributed by atoms with Crippen molar-refractivity contribution in [2.24, 2.45) is 0 Å². The van der Waals surface area contributed by atoms with E-state index in [9.17, 15) is 40.4 Å². The van der Waals surface area contributed by atoms with Crippen molar-refractivity contribution in [1.82, 2.24) is 23.7 Å². The van der Waals surface area contributed by atoms with Gasteiger partial charge in [0.15, 0.2) is 0 Å². The number of β-amino-alcohol motifs (C(OH)–C–C–N with tert-alkyl or cyclic N) is 1. The van der Waals surface area contributed by atoms with E-state index in [2.05, 4.69) is 20.6 Å². The Labute approximate surface area is 288 Å². The van der Waals surface area contributed by atoms with Gasteiger partial charge in [0.05, 0.1) is 47.7 Å². The zero-order valence-corrected chi connectivity index (χ0v) is 29.5. The lowest BCUT2D eigenvalue weighted by Gasteiger charge is -2.37. The number of halogens is 3. The number of aliphatic hydroxyl groups excluding tert-OH is 1. The number of nitrogens with one attached hydrogen (secondary N) is 1. The number of anilines is 1. The molecule has 1 atom stereocenters.